The van der Waals surface area contributed by atoms with Gasteiger partial charge in [-0.25, -0.2) is 0 Å². The van der Waals surface area contributed by atoms with Gasteiger partial charge in [0.25, 0.3) is 11.6 Å². The zero-order valence-corrected chi connectivity index (χ0v) is 19.9. The Morgan fingerprint density at radius 2 is 1.83 bits per heavy atom. The summed E-state index contributed by atoms with van der Waals surface area (Å²) >= 11 is 3.51. The average Bonchev–Trinajstić information content (AvgIpc) is 2.87. The normalized spacial score (nSPS) is 11.0. The first kappa shape index (κ1) is 23.7. The Morgan fingerprint density at radius 3 is 2.60 bits per heavy atom. The molecule has 0 fully saturated rings. The van der Waals surface area contributed by atoms with E-state index >= 15 is 0 Å². The summed E-state index contributed by atoms with van der Waals surface area (Å²) in [6, 6.07) is 26.5. The molecule has 0 radical (unpaired) electrons. The predicted molar refractivity (Wildman–Crippen MR) is 138 cm³/mol. The molecule has 0 bridgehead atoms. The van der Waals surface area contributed by atoms with Crippen molar-refractivity contribution in [3.8, 4) is 11.8 Å². The number of benzene rings is 4. The number of nitro benzene ring substituents is 1. The van der Waals surface area contributed by atoms with Crippen molar-refractivity contribution in [1.82, 2.24) is 0 Å². The predicted octanol–water partition coefficient (Wildman–Crippen LogP) is 6.64. The fourth-order valence-corrected chi connectivity index (χ4v) is 3.91. The number of nitrogens with one attached hydrogen (secondary N) is 1. The molecule has 4 aromatic rings. The summed E-state index contributed by atoms with van der Waals surface area (Å²) in [6.45, 7) is 0.280. The highest BCUT2D eigenvalue weighted by Gasteiger charge is 2.15. The Balaban J connectivity index is 1.70. The van der Waals surface area contributed by atoms with E-state index < -0.39 is 10.8 Å². The van der Waals surface area contributed by atoms with Crippen LogP contribution in [0.2, 0.25) is 0 Å². The van der Waals surface area contributed by atoms with E-state index in [2.05, 4.69) is 21.2 Å². The fraction of sp³-hybridized carbons (Fsp3) is 0.0370. The number of halogens is 1. The Hall–Kier alpha value is -4.48. The van der Waals surface area contributed by atoms with Gasteiger partial charge in [-0.05, 0) is 35.0 Å². The third-order valence-corrected chi connectivity index (χ3v) is 6.01. The molecule has 4 rings (SSSR count). The summed E-state index contributed by atoms with van der Waals surface area (Å²) in [5.41, 5.74) is 1.41. The van der Waals surface area contributed by atoms with Crippen LogP contribution in [0.3, 0.4) is 0 Å². The number of fused-ring (bicyclic) bond motifs is 1. The molecule has 1 N–H and O–H groups in total. The van der Waals surface area contributed by atoms with Gasteiger partial charge in [-0.1, -0.05) is 70.5 Å². The van der Waals surface area contributed by atoms with Crippen LogP contribution in [0.1, 0.15) is 11.1 Å². The molecule has 0 aromatic heterocycles. The van der Waals surface area contributed by atoms with Crippen molar-refractivity contribution in [3.05, 3.63) is 116 Å². The van der Waals surface area contributed by atoms with Crippen molar-refractivity contribution in [2.75, 3.05) is 5.32 Å². The van der Waals surface area contributed by atoms with Crippen molar-refractivity contribution in [2.45, 2.75) is 6.61 Å². The first-order chi connectivity index (χ1) is 17.0. The van der Waals surface area contributed by atoms with E-state index in [1.807, 2.05) is 60.7 Å². The lowest BCUT2D eigenvalue weighted by molar-refractivity contribution is -0.384. The third kappa shape index (κ3) is 5.54. The van der Waals surface area contributed by atoms with Gasteiger partial charge < -0.3 is 10.1 Å². The summed E-state index contributed by atoms with van der Waals surface area (Å²) in [7, 11) is 0. The van der Waals surface area contributed by atoms with Crippen molar-refractivity contribution in [1.29, 1.82) is 5.26 Å². The molecule has 0 aliphatic carbocycles. The van der Waals surface area contributed by atoms with E-state index in [1.54, 1.807) is 6.07 Å². The zero-order valence-electron chi connectivity index (χ0n) is 18.3. The summed E-state index contributed by atoms with van der Waals surface area (Å²) < 4.78 is 7.02. The quantitative estimate of drug-likeness (QED) is 0.125. The van der Waals surface area contributed by atoms with Gasteiger partial charge in [-0.2, -0.15) is 5.26 Å². The number of ether oxygens (including phenoxy) is 1. The first-order valence-corrected chi connectivity index (χ1v) is 11.3. The number of hydrogen-bond donors (Lipinski definition) is 1. The molecular formula is C27H18BrN3O4. The van der Waals surface area contributed by atoms with Gasteiger partial charge in [0.15, 0.2) is 0 Å². The van der Waals surface area contributed by atoms with Gasteiger partial charge in [0.05, 0.1) is 4.92 Å². The number of carbonyl (C=O) groups is 1. The smallest absolute Gasteiger partial charge is 0.271 e. The molecule has 0 heterocycles. The largest absolute Gasteiger partial charge is 0.488 e. The van der Waals surface area contributed by atoms with Gasteiger partial charge in [0.2, 0.25) is 0 Å². The maximum Gasteiger partial charge on any atom is 0.271 e. The molecule has 4 aromatic carbocycles. The average molecular weight is 528 g/mol. The fourth-order valence-electron chi connectivity index (χ4n) is 3.51. The van der Waals surface area contributed by atoms with Gasteiger partial charge in [-0.15, -0.1) is 0 Å². The van der Waals surface area contributed by atoms with Crippen LogP contribution in [-0.4, -0.2) is 10.8 Å². The van der Waals surface area contributed by atoms with Gasteiger partial charge in [0.1, 0.15) is 24.0 Å². The second-order valence-corrected chi connectivity index (χ2v) is 8.36. The van der Waals surface area contributed by atoms with E-state index in [0.717, 1.165) is 20.8 Å². The SMILES string of the molecule is N#C/C(=C\c1c(OCc2ccccc2Br)ccc2ccccc12)C(=O)Nc1cccc([N+](=O)[O-])c1. The summed E-state index contributed by atoms with van der Waals surface area (Å²) in [5.74, 6) is -0.173. The monoisotopic (exact) mass is 527 g/mol. The molecule has 0 aliphatic rings. The maximum absolute atomic E-state index is 12.9. The number of anilines is 1. The Kier molecular flexibility index (Phi) is 7.19. The molecule has 0 atom stereocenters. The topological polar surface area (TPSA) is 105 Å². The highest BCUT2D eigenvalue weighted by molar-refractivity contribution is 9.10. The van der Waals surface area contributed by atoms with Crippen molar-refractivity contribution in [3.63, 3.8) is 0 Å². The van der Waals surface area contributed by atoms with Crippen LogP contribution in [0.5, 0.6) is 5.75 Å². The Morgan fingerprint density at radius 1 is 1.06 bits per heavy atom. The number of nitrogens with zero attached hydrogens (tertiary/aromatic N) is 2. The highest BCUT2D eigenvalue weighted by Crippen LogP contribution is 2.32. The molecule has 0 aliphatic heterocycles. The first-order valence-electron chi connectivity index (χ1n) is 10.5. The number of amides is 1. The molecule has 0 unspecified atom stereocenters. The lowest BCUT2D eigenvalue weighted by Crippen LogP contribution is -2.13. The Bertz CT molecular complexity index is 1510. The van der Waals surface area contributed by atoms with Gasteiger partial charge in [-0.3, -0.25) is 14.9 Å². The molecule has 0 saturated carbocycles. The minimum atomic E-state index is -0.683. The van der Waals surface area contributed by atoms with Gasteiger partial charge >= 0.3 is 0 Å². The van der Waals surface area contributed by atoms with Crippen molar-refractivity contribution >= 4 is 50.1 Å². The van der Waals surface area contributed by atoms with Crippen LogP contribution < -0.4 is 10.1 Å². The number of nitro groups is 1. The molecular weight excluding hydrogens is 510 g/mol. The van der Waals surface area contributed by atoms with Gasteiger partial charge in [0, 0.05) is 33.4 Å². The van der Waals surface area contributed by atoms with Crippen LogP contribution in [0.25, 0.3) is 16.8 Å². The van der Waals surface area contributed by atoms with Crippen LogP contribution in [0, 0.1) is 21.4 Å². The number of rotatable bonds is 7. The highest BCUT2D eigenvalue weighted by atomic mass is 79.9. The summed E-state index contributed by atoms with van der Waals surface area (Å²) in [4.78, 5) is 23.4. The van der Waals surface area contributed by atoms with Crippen LogP contribution >= 0.6 is 15.9 Å². The lowest BCUT2D eigenvalue weighted by Gasteiger charge is -2.13. The van der Waals surface area contributed by atoms with Crippen LogP contribution in [-0.2, 0) is 11.4 Å². The van der Waals surface area contributed by atoms with E-state index in [4.69, 9.17) is 4.74 Å². The zero-order chi connectivity index (χ0) is 24.8. The number of non-ortho nitro benzene ring substituents is 1. The number of carbonyl (C=O) groups excluding carboxylic acids is 1. The molecule has 1 amide bonds. The summed E-state index contributed by atoms with van der Waals surface area (Å²) in [5, 5.41) is 25.1. The standard InChI is InChI=1S/C27H18BrN3O4/c28-25-11-4-2-7-19(25)17-35-26-13-12-18-6-1-3-10-23(18)24(26)14-20(16-29)27(32)30-21-8-5-9-22(15-21)31(33)34/h1-15H,17H2,(H,30,32)/b20-14+. The van der Waals surface area contributed by atoms with E-state index in [1.165, 1.54) is 30.3 Å². The molecule has 35 heavy (non-hydrogen) atoms. The Labute approximate surface area is 209 Å². The van der Waals surface area contributed by atoms with Crippen LogP contribution in [0.15, 0.2) is 95.0 Å². The minimum absolute atomic E-state index is 0.165. The molecule has 0 saturated heterocycles. The third-order valence-electron chi connectivity index (χ3n) is 5.24. The second kappa shape index (κ2) is 10.6. The van der Waals surface area contributed by atoms with Crippen LogP contribution in [0.4, 0.5) is 11.4 Å². The number of hydrogen-bond acceptors (Lipinski definition) is 5. The molecule has 0 spiro atoms. The van der Waals surface area contributed by atoms with E-state index in [0.29, 0.717) is 11.3 Å². The summed E-state index contributed by atoms with van der Waals surface area (Å²) in [6.07, 6.45) is 1.48. The van der Waals surface area contributed by atoms with E-state index in [9.17, 15) is 20.2 Å². The second-order valence-electron chi connectivity index (χ2n) is 7.51. The number of nitriles is 1. The van der Waals surface area contributed by atoms with Crippen molar-refractivity contribution < 1.29 is 14.5 Å². The molecule has 172 valence electrons. The lowest BCUT2D eigenvalue weighted by atomic mass is 10.0. The molecule has 7 nitrogen and oxygen atoms in total. The maximum atomic E-state index is 12.9. The minimum Gasteiger partial charge on any atom is -0.488 e. The molecule has 8 heteroatoms. The van der Waals surface area contributed by atoms with E-state index in [-0.39, 0.29) is 23.6 Å². The van der Waals surface area contributed by atoms with Crippen molar-refractivity contribution in [2.24, 2.45) is 0 Å².